The highest BCUT2D eigenvalue weighted by atomic mass is 16.5. The van der Waals surface area contributed by atoms with Crippen LogP contribution < -0.4 is 20.0 Å². The van der Waals surface area contributed by atoms with E-state index in [1.807, 2.05) is 0 Å². The van der Waals surface area contributed by atoms with Gasteiger partial charge in [0.1, 0.15) is 19.1 Å². The molecule has 0 aromatic heterocycles. The van der Waals surface area contributed by atoms with Crippen LogP contribution in [0.15, 0.2) is 60.7 Å². The zero-order valence-corrected chi connectivity index (χ0v) is 18.6. The monoisotopic (exact) mass is 424 g/mol. The molecule has 6 nitrogen and oxygen atoms in total. The Hall–Kier alpha value is -2.41. The highest BCUT2D eigenvalue weighted by Gasteiger charge is 2.33. The fourth-order valence-corrected chi connectivity index (χ4v) is 4.99. The number of piperazine rings is 1. The first-order valence-corrected chi connectivity index (χ1v) is 11.6. The Balaban J connectivity index is 1.31. The number of ether oxygens (including phenoxy) is 1. The number of carbonyl (C=O) groups excluding carboxylic acids is 1. The third-order valence-corrected chi connectivity index (χ3v) is 6.62. The Bertz CT molecular complexity index is 803. The van der Waals surface area contributed by atoms with Crippen LogP contribution in [0.1, 0.15) is 18.5 Å². The molecule has 0 radical (unpaired) electrons. The molecule has 31 heavy (non-hydrogen) atoms. The van der Waals surface area contributed by atoms with E-state index in [4.69, 9.17) is 4.74 Å². The number of rotatable bonds is 7. The summed E-state index contributed by atoms with van der Waals surface area (Å²) in [5.74, 6) is 0.157. The molecule has 2 saturated heterocycles. The van der Waals surface area contributed by atoms with E-state index in [0.717, 1.165) is 52.5 Å². The van der Waals surface area contributed by atoms with Crippen molar-refractivity contribution < 1.29 is 19.3 Å². The van der Waals surface area contributed by atoms with Gasteiger partial charge >= 0.3 is 0 Å². The van der Waals surface area contributed by atoms with Crippen molar-refractivity contribution in [1.82, 2.24) is 5.32 Å². The van der Waals surface area contributed by atoms with Crippen molar-refractivity contribution in [3.63, 3.8) is 0 Å². The first-order valence-electron chi connectivity index (χ1n) is 11.6. The lowest BCUT2D eigenvalue weighted by Gasteiger charge is -2.36. The summed E-state index contributed by atoms with van der Waals surface area (Å²) in [5, 5.41) is 3.33. The van der Waals surface area contributed by atoms with Gasteiger partial charge in [-0.3, -0.25) is 4.79 Å². The third-order valence-electron chi connectivity index (χ3n) is 6.62. The molecular formula is C25H36N4O2+2. The fraction of sp³-hybridized carbons (Fsp3) is 0.480. The summed E-state index contributed by atoms with van der Waals surface area (Å²) in [6, 6.07) is 21.5. The van der Waals surface area contributed by atoms with E-state index >= 15 is 0 Å². The second-order valence-electron chi connectivity index (χ2n) is 8.76. The van der Waals surface area contributed by atoms with Crippen molar-refractivity contribution in [2.24, 2.45) is 0 Å². The minimum absolute atomic E-state index is 0.0769. The molecular weight excluding hydrogens is 388 g/mol. The van der Waals surface area contributed by atoms with Gasteiger partial charge in [0.2, 0.25) is 0 Å². The molecule has 2 aliphatic rings. The molecule has 166 valence electrons. The summed E-state index contributed by atoms with van der Waals surface area (Å²) < 4.78 is 5.57. The van der Waals surface area contributed by atoms with Gasteiger partial charge < -0.3 is 24.8 Å². The number of nitrogens with one attached hydrogen (secondary N) is 3. The highest BCUT2D eigenvalue weighted by Crippen LogP contribution is 2.14. The topological polar surface area (TPSA) is 50.5 Å². The number of hydrogen-bond acceptors (Lipinski definition) is 3. The van der Waals surface area contributed by atoms with Gasteiger partial charge in [0.15, 0.2) is 6.54 Å². The van der Waals surface area contributed by atoms with E-state index in [9.17, 15) is 4.79 Å². The van der Waals surface area contributed by atoms with Crippen LogP contribution in [0.4, 0.5) is 5.69 Å². The fourth-order valence-electron chi connectivity index (χ4n) is 4.99. The van der Waals surface area contributed by atoms with Crippen molar-refractivity contribution in [2.75, 3.05) is 63.9 Å². The van der Waals surface area contributed by atoms with Gasteiger partial charge in [0, 0.05) is 11.3 Å². The van der Waals surface area contributed by atoms with Crippen LogP contribution in [0.5, 0.6) is 0 Å². The third kappa shape index (κ3) is 5.85. The van der Waals surface area contributed by atoms with Crippen LogP contribution >= 0.6 is 0 Å². The number of nitrogens with zero attached hydrogens (tertiary/aromatic N) is 1. The maximum atomic E-state index is 12.9. The number of morpholine rings is 1. The van der Waals surface area contributed by atoms with E-state index in [0.29, 0.717) is 6.54 Å². The van der Waals surface area contributed by atoms with Crippen LogP contribution in [0, 0.1) is 0 Å². The summed E-state index contributed by atoms with van der Waals surface area (Å²) in [6.45, 7) is 10.2. The van der Waals surface area contributed by atoms with E-state index in [1.165, 1.54) is 21.1 Å². The largest absolute Gasteiger partial charge is 0.370 e. The summed E-state index contributed by atoms with van der Waals surface area (Å²) in [5.41, 5.74) is 2.56. The molecule has 0 aliphatic carbocycles. The number of hydrogen-bond donors (Lipinski definition) is 3. The standard InChI is InChI=1S/C25H34N4O2/c1-21(25(22-8-4-2-5-9-22)29-16-18-31-19-17-29)26-24(30)20-27-12-14-28(15-13-27)23-10-6-3-7-11-23/h2-11,21,25H,12-20H2,1H3,(H,26,30)/p+2/t21-,25+/m1/s1. The molecule has 0 spiro atoms. The first kappa shape index (κ1) is 21.8. The Labute approximate surface area is 185 Å². The molecule has 2 atom stereocenters. The second kappa shape index (κ2) is 10.8. The van der Waals surface area contributed by atoms with Gasteiger partial charge in [-0.05, 0) is 19.1 Å². The molecule has 3 N–H and O–H groups in total. The summed E-state index contributed by atoms with van der Waals surface area (Å²) in [6.07, 6.45) is 0. The Morgan fingerprint density at radius 2 is 1.58 bits per heavy atom. The van der Waals surface area contributed by atoms with Gasteiger partial charge in [-0.25, -0.2) is 0 Å². The average Bonchev–Trinajstić information content (AvgIpc) is 2.82. The number of carbonyl (C=O) groups is 1. The van der Waals surface area contributed by atoms with E-state index in [-0.39, 0.29) is 18.0 Å². The summed E-state index contributed by atoms with van der Waals surface area (Å²) >= 11 is 0. The number of anilines is 1. The van der Waals surface area contributed by atoms with Gasteiger partial charge in [0.25, 0.3) is 5.91 Å². The summed E-state index contributed by atoms with van der Waals surface area (Å²) in [7, 11) is 0. The predicted molar refractivity (Wildman–Crippen MR) is 123 cm³/mol. The predicted octanol–water partition coefficient (Wildman–Crippen LogP) is -0.447. The van der Waals surface area contributed by atoms with Crippen molar-refractivity contribution in [3.05, 3.63) is 66.2 Å². The van der Waals surface area contributed by atoms with Crippen LogP contribution in [-0.2, 0) is 9.53 Å². The molecule has 0 bridgehead atoms. The average molecular weight is 425 g/mol. The minimum Gasteiger partial charge on any atom is -0.370 e. The SMILES string of the molecule is C[C@@H](NC(=O)C[NH+]1CCN(c2ccccc2)CC1)[C@@H](c1ccccc1)[NH+]1CCOCC1. The Kier molecular flexibility index (Phi) is 7.57. The van der Waals surface area contributed by atoms with Crippen molar-refractivity contribution in [3.8, 4) is 0 Å². The van der Waals surface area contributed by atoms with E-state index in [1.54, 1.807) is 0 Å². The number of quaternary nitrogens is 2. The molecule has 2 fully saturated rings. The van der Waals surface area contributed by atoms with E-state index in [2.05, 4.69) is 77.8 Å². The Morgan fingerprint density at radius 1 is 0.968 bits per heavy atom. The number of para-hydroxylation sites is 1. The van der Waals surface area contributed by atoms with Crippen LogP contribution in [0.25, 0.3) is 0 Å². The maximum absolute atomic E-state index is 12.9. The summed E-state index contributed by atoms with van der Waals surface area (Å²) in [4.78, 5) is 18.2. The molecule has 6 heteroatoms. The highest BCUT2D eigenvalue weighted by molar-refractivity contribution is 5.77. The van der Waals surface area contributed by atoms with Crippen LogP contribution in [0.3, 0.4) is 0 Å². The molecule has 2 heterocycles. The van der Waals surface area contributed by atoms with Crippen molar-refractivity contribution in [2.45, 2.75) is 19.0 Å². The molecule has 4 rings (SSSR count). The molecule has 2 aliphatic heterocycles. The van der Waals surface area contributed by atoms with Gasteiger partial charge in [-0.2, -0.15) is 0 Å². The van der Waals surface area contributed by atoms with Gasteiger partial charge in [0.05, 0.1) is 45.4 Å². The first-order chi connectivity index (χ1) is 15.2. The van der Waals surface area contributed by atoms with Gasteiger partial charge in [-0.1, -0.05) is 48.5 Å². The molecule has 2 aromatic carbocycles. The smallest absolute Gasteiger partial charge is 0.275 e. The quantitative estimate of drug-likeness (QED) is 0.565. The zero-order valence-electron chi connectivity index (χ0n) is 18.6. The van der Waals surface area contributed by atoms with E-state index < -0.39 is 0 Å². The lowest BCUT2D eigenvalue weighted by molar-refractivity contribution is -0.940. The molecule has 1 amide bonds. The van der Waals surface area contributed by atoms with Crippen LogP contribution in [-0.4, -0.2) is 71.0 Å². The zero-order chi connectivity index (χ0) is 21.5. The molecule has 2 aromatic rings. The van der Waals surface area contributed by atoms with Crippen LogP contribution in [0.2, 0.25) is 0 Å². The molecule has 0 unspecified atom stereocenters. The minimum atomic E-state index is 0.0769. The van der Waals surface area contributed by atoms with Crippen molar-refractivity contribution in [1.29, 1.82) is 0 Å². The second-order valence-corrected chi connectivity index (χ2v) is 8.76. The maximum Gasteiger partial charge on any atom is 0.275 e. The lowest BCUT2D eigenvalue weighted by atomic mass is 9.98. The normalized spacial score (nSPS) is 20.2. The molecule has 0 saturated carbocycles. The number of benzene rings is 2. The Morgan fingerprint density at radius 3 is 2.23 bits per heavy atom. The van der Waals surface area contributed by atoms with Crippen molar-refractivity contribution >= 4 is 11.6 Å². The lowest BCUT2D eigenvalue weighted by Crippen LogP contribution is -3.16. The van der Waals surface area contributed by atoms with Gasteiger partial charge in [-0.15, -0.1) is 0 Å². The number of amides is 1.